The lowest BCUT2D eigenvalue weighted by Gasteiger charge is -2.11. The molecule has 562 valence electrons. The van der Waals surface area contributed by atoms with Gasteiger partial charge in [0.05, 0.1) is 44.1 Å². The Balaban J connectivity index is 0.0000000911. The Morgan fingerprint density at radius 1 is 0.142 bits per heavy atom. The van der Waals surface area contributed by atoms with Crippen LogP contribution >= 0.6 is 45.3 Å². The fourth-order valence-corrected chi connectivity index (χ4v) is 23.3. The maximum atomic E-state index is 2.46. The van der Waals surface area contributed by atoms with Crippen molar-refractivity contribution in [2.24, 2.45) is 0 Å². The van der Waals surface area contributed by atoms with Crippen molar-refractivity contribution < 1.29 is 0 Å². The summed E-state index contributed by atoms with van der Waals surface area (Å²) in [5.74, 6) is 0. The number of nitrogens with zero attached hydrogens (tertiary/aromatic N) is 4. The van der Waals surface area contributed by atoms with Crippen molar-refractivity contribution in [1.29, 1.82) is 0 Å². The maximum Gasteiger partial charge on any atom is 0.0634 e. The van der Waals surface area contributed by atoms with Crippen LogP contribution in [0.3, 0.4) is 0 Å². The first-order valence-electron chi connectivity index (χ1n) is 40.8. The van der Waals surface area contributed by atoms with Crippen LogP contribution in [0.1, 0.15) is 0 Å². The third-order valence-corrected chi connectivity index (χ3v) is 28.7. The lowest BCUT2D eigenvalue weighted by atomic mass is 10.0. The first-order chi connectivity index (χ1) is 59.6. The van der Waals surface area contributed by atoms with E-state index in [2.05, 4.69) is 443 Å². The highest BCUT2D eigenvalue weighted by Gasteiger charge is 2.24. The average Bonchev–Trinajstić information content (AvgIpc) is 1.58. The summed E-state index contributed by atoms with van der Waals surface area (Å²) in [5, 5.41) is 23.8. The zero-order valence-electron chi connectivity index (χ0n) is 64.8. The number of hydrogen-bond acceptors (Lipinski definition) is 4. The van der Waals surface area contributed by atoms with Crippen LogP contribution in [-0.4, -0.2) is 18.3 Å². The van der Waals surface area contributed by atoms with Gasteiger partial charge in [0.15, 0.2) is 0 Å². The molecule has 0 unspecified atom stereocenters. The van der Waals surface area contributed by atoms with Crippen LogP contribution in [0.5, 0.6) is 0 Å². The number of thiophene rings is 4. The summed E-state index contributed by atoms with van der Waals surface area (Å²) in [7, 11) is 0. The van der Waals surface area contributed by atoms with E-state index in [0.717, 1.165) is 0 Å². The smallest absolute Gasteiger partial charge is 0.0634 e. The van der Waals surface area contributed by atoms with E-state index in [1.807, 2.05) is 45.3 Å². The van der Waals surface area contributed by atoms with Crippen molar-refractivity contribution in [1.82, 2.24) is 18.3 Å². The van der Waals surface area contributed by atoms with Gasteiger partial charge in [-0.3, -0.25) is 0 Å². The first-order valence-corrected chi connectivity index (χ1v) is 44.0. The molecular weight excluding hydrogens is 1530 g/mol. The van der Waals surface area contributed by atoms with Gasteiger partial charge in [-0.2, -0.15) is 0 Å². The highest BCUT2D eigenvalue weighted by molar-refractivity contribution is 7.27. The van der Waals surface area contributed by atoms with Gasteiger partial charge in [0.2, 0.25) is 0 Å². The highest BCUT2D eigenvalue weighted by atomic mass is 32.1. The Bertz CT molecular complexity index is 8730. The van der Waals surface area contributed by atoms with Gasteiger partial charge in [-0.25, -0.2) is 0 Å². The van der Waals surface area contributed by atoms with Crippen molar-refractivity contribution in [3.63, 3.8) is 0 Å². The van der Waals surface area contributed by atoms with Gasteiger partial charge < -0.3 is 18.3 Å². The van der Waals surface area contributed by atoms with Crippen LogP contribution in [0.25, 0.3) is 224 Å². The summed E-state index contributed by atoms with van der Waals surface area (Å²) in [6.07, 6.45) is 0. The van der Waals surface area contributed by atoms with Crippen molar-refractivity contribution in [2.45, 2.75) is 0 Å². The monoisotopic (exact) mass is 1600 g/mol. The Morgan fingerprint density at radius 2 is 0.408 bits per heavy atom. The van der Waals surface area contributed by atoms with Gasteiger partial charge in [0.1, 0.15) is 0 Å². The zero-order chi connectivity index (χ0) is 78.9. The second kappa shape index (κ2) is 28.7. The van der Waals surface area contributed by atoms with Crippen LogP contribution in [0, 0.1) is 0 Å². The topological polar surface area (TPSA) is 19.7 Å². The van der Waals surface area contributed by atoms with Crippen LogP contribution in [-0.2, 0) is 0 Å². The zero-order valence-corrected chi connectivity index (χ0v) is 68.1. The molecule has 0 aliphatic carbocycles. The van der Waals surface area contributed by atoms with E-state index < -0.39 is 0 Å². The van der Waals surface area contributed by atoms with Crippen molar-refractivity contribution >= 4 is 224 Å². The minimum atomic E-state index is 1.19. The van der Waals surface area contributed by atoms with Gasteiger partial charge in [-0.15, -0.1) is 45.3 Å². The van der Waals surface area contributed by atoms with Gasteiger partial charge in [0, 0.05) is 147 Å². The van der Waals surface area contributed by atoms with Crippen LogP contribution in [0.4, 0.5) is 0 Å². The van der Waals surface area contributed by atoms with E-state index in [0.29, 0.717) is 0 Å². The summed E-state index contributed by atoms with van der Waals surface area (Å²) in [6, 6.07) is 154. The molecule has 8 heterocycles. The molecule has 8 heteroatoms. The predicted molar refractivity (Wildman–Crippen MR) is 523 cm³/mol. The molecule has 0 atom stereocenters. The SMILES string of the molecule is c1ccc(-c2ccc(-n3c4ccccc4c4ccc5sc6ccccc6c5c43)cc2)cc1.c1ccc(-c2cccc(-n3c4ccccc4c4ccc5sc6ccccc6c5c43)c2)cc1.c1ccc(-n2c3ccccc3c3ccc4sc5ccccc5c4c32)cc1.c1ccc2cc(-n3c4ccccc4c4ccc5sc6ccccc6c5c43)ccc2c1. The van der Waals surface area contributed by atoms with E-state index >= 15 is 0 Å². The standard InChI is InChI=1S/2C30H19NS.C28H17NS.C24H15NS/c1-2-9-20(10-3-1)21-11-8-12-22(19-21)31-26-15-6-4-13-23(26)24-17-18-28-29(30(24)31)25-14-5-7-16-27(25)32-28;1-2-8-20(9-3-1)21-14-16-22(17-15-21)31-26-12-6-4-10-23(26)24-18-19-28-29(30(24)31)25-11-5-7-13-27(25)32-28;1-2-8-19-17-20(14-13-18(19)7-1)29-24-11-5-3-9-21(24)22-15-16-26-27(28(22)29)23-10-4-6-12-25(23)30-26;1-2-8-16(9-3-1)25-20-12-6-4-10-17(20)18-14-15-22-23(24(18)25)19-11-5-7-13-21(19)26-22/h2*1-19H;1-17H;1-15H. The van der Waals surface area contributed by atoms with Gasteiger partial charge in [0.25, 0.3) is 0 Å². The Morgan fingerprint density at radius 3 is 0.800 bits per heavy atom. The lowest BCUT2D eigenvalue weighted by Crippen LogP contribution is -1.94. The van der Waals surface area contributed by atoms with E-state index in [4.69, 9.17) is 0 Å². The van der Waals surface area contributed by atoms with E-state index in [-0.39, 0.29) is 0 Å². The van der Waals surface area contributed by atoms with Crippen molar-refractivity contribution in [3.05, 3.63) is 425 Å². The number of para-hydroxylation sites is 5. The van der Waals surface area contributed by atoms with Crippen molar-refractivity contribution in [2.75, 3.05) is 0 Å². The molecule has 0 aliphatic rings. The molecule has 27 aromatic rings. The highest BCUT2D eigenvalue weighted by Crippen LogP contribution is 2.49. The Kier molecular flexibility index (Phi) is 16.7. The minimum Gasteiger partial charge on any atom is -0.309 e. The summed E-state index contributed by atoms with van der Waals surface area (Å²) in [5.41, 5.74) is 20.0. The quantitative estimate of drug-likeness (QED) is 0.158. The maximum absolute atomic E-state index is 2.46. The molecule has 120 heavy (non-hydrogen) atoms. The lowest BCUT2D eigenvalue weighted by molar-refractivity contribution is 1.19. The van der Waals surface area contributed by atoms with Gasteiger partial charge >= 0.3 is 0 Å². The Labute approximate surface area is 706 Å². The van der Waals surface area contributed by atoms with E-state index in [1.165, 1.54) is 224 Å². The van der Waals surface area contributed by atoms with E-state index in [1.54, 1.807) is 0 Å². The van der Waals surface area contributed by atoms with Crippen LogP contribution in [0.2, 0.25) is 0 Å². The van der Waals surface area contributed by atoms with Crippen LogP contribution < -0.4 is 0 Å². The summed E-state index contributed by atoms with van der Waals surface area (Å²) in [6.45, 7) is 0. The van der Waals surface area contributed by atoms with Gasteiger partial charge in [-0.1, -0.05) is 303 Å². The van der Waals surface area contributed by atoms with E-state index in [9.17, 15) is 0 Å². The summed E-state index contributed by atoms with van der Waals surface area (Å²) >= 11 is 7.51. The molecule has 0 fully saturated rings. The number of hydrogen-bond donors (Lipinski definition) is 0. The summed E-state index contributed by atoms with van der Waals surface area (Å²) < 4.78 is 20.5. The molecule has 0 N–H and O–H groups in total. The van der Waals surface area contributed by atoms with Gasteiger partial charge in [-0.05, 0) is 154 Å². The fraction of sp³-hybridized carbons (Fsp3) is 0. The largest absolute Gasteiger partial charge is 0.309 e. The molecule has 0 spiro atoms. The molecule has 0 radical (unpaired) electrons. The Hall–Kier alpha value is -14.5. The van der Waals surface area contributed by atoms with Crippen LogP contribution in [0.15, 0.2) is 425 Å². The molecule has 0 saturated carbocycles. The normalized spacial score (nSPS) is 11.8. The predicted octanol–water partition coefficient (Wildman–Crippen LogP) is 33.1. The molecule has 0 amide bonds. The molecule has 0 bridgehead atoms. The third kappa shape index (κ3) is 11.4. The number of benzene rings is 19. The summed E-state index contributed by atoms with van der Waals surface area (Å²) in [4.78, 5) is 0. The second-order valence-corrected chi connectivity index (χ2v) is 35.2. The average molecular weight is 1600 g/mol. The molecule has 0 saturated heterocycles. The fourth-order valence-electron chi connectivity index (χ4n) is 18.9. The second-order valence-electron chi connectivity index (χ2n) is 30.8. The molecule has 27 rings (SSSR count). The number of fused-ring (bicyclic) bond motifs is 29. The molecule has 0 aliphatic heterocycles. The van der Waals surface area contributed by atoms with Crippen molar-refractivity contribution in [3.8, 4) is 45.0 Å². The minimum absolute atomic E-state index is 1.19. The molecule has 8 aromatic heterocycles. The number of rotatable bonds is 6. The molecule has 19 aromatic carbocycles. The molecular formula is C112H70N4S4. The molecule has 4 nitrogen and oxygen atoms in total. The third-order valence-electron chi connectivity index (χ3n) is 24.1. The number of aromatic nitrogens is 4. The first kappa shape index (κ1) is 69.8.